The SMILES string of the molecule is O=C(Nc1[nH+]cccc1Cl)c1ccc(Br)cc1. The van der Waals surface area contributed by atoms with Crippen LogP contribution in [0, 0.1) is 0 Å². The van der Waals surface area contributed by atoms with Crippen molar-refractivity contribution in [1.29, 1.82) is 0 Å². The molecule has 0 spiro atoms. The number of hydrogen-bond donors (Lipinski definition) is 1. The van der Waals surface area contributed by atoms with E-state index in [1.165, 1.54) is 0 Å². The molecule has 0 aliphatic carbocycles. The number of aromatic amines is 1. The third-order valence-corrected chi connectivity index (χ3v) is 2.99. The predicted molar refractivity (Wildman–Crippen MR) is 70.1 cm³/mol. The molecular weight excluding hydrogens is 304 g/mol. The Kier molecular flexibility index (Phi) is 3.76. The van der Waals surface area contributed by atoms with Crippen LogP contribution >= 0.6 is 27.5 Å². The summed E-state index contributed by atoms with van der Waals surface area (Å²) < 4.78 is 0.929. The highest BCUT2D eigenvalue weighted by molar-refractivity contribution is 9.10. The molecule has 0 unspecified atom stereocenters. The van der Waals surface area contributed by atoms with E-state index < -0.39 is 0 Å². The van der Waals surface area contributed by atoms with E-state index in [1.807, 2.05) is 12.1 Å². The smallest absolute Gasteiger partial charge is 0.246 e. The largest absolute Gasteiger partial charge is 0.339 e. The van der Waals surface area contributed by atoms with Crippen molar-refractivity contribution in [3.05, 3.63) is 57.7 Å². The highest BCUT2D eigenvalue weighted by Crippen LogP contribution is 2.16. The molecule has 2 aromatic rings. The van der Waals surface area contributed by atoms with Crippen LogP contribution in [0.2, 0.25) is 5.02 Å². The summed E-state index contributed by atoms with van der Waals surface area (Å²) in [7, 11) is 0. The first-order valence-electron chi connectivity index (χ1n) is 4.90. The quantitative estimate of drug-likeness (QED) is 0.909. The fourth-order valence-corrected chi connectivity index (χ4v) is 1.74. The van der Waals surface area contributed by atoms with Crippen LogP contribution in [0.15, 0.2) is 47.1 Å². The highest BCUT2D eigenvalue weighted by atomic mass is 79.9. The minimum Gasteiger partial charge on any atom is -0.246 e. The van der Waals surface area contributed by atoms with Crippen LogP contribution in [0.4, 0.5) is 5.82 Å². The summed E-state index contributed by atoms with van der Waals surface area (Å²) in [4.78, 5) is 14.7. The molecule has 86 valence electrons. The van der Waals surface area contributed by atoms with Gasteiger partial charge in [-0.1, -0.05) is 27.5 Å². The van der Waals surface area contributed by atoms with Crippen LogP contribution in [0.25, 0.3) is 0 Å². The number of amides is 1. The van der Waals surface area contributed by atoms with E-state index in [1.54, 1.807) is 30.5 Å². The number of rotatable bonds is 2. The van der Waals surface area contributed by atoms with E-state index in [-0.39, 0.29) is 5.91 Å². The number of H-pyrrole nitrogens is 1. The molecular formula is C12H9BrClN2O+. The van der Waals surface area contributed by atoms with E-state index in [2.05, 4.69) is 26.2 Å². The third-order valence-electron chi connectivity index (χ3n) is 2.15. The molecule has 1 amide bonds. The van der Waals surface area contributed by atoms with E-state index in [0.29, 0.717) is 16.4 Å². The maximum Gasteiger partial charge on any atom is 0.339 e. The minimum atomic E-state index is -0.207. The average Bonchev–Trinajstić information content (AvgIpc) is 2.33. The summed E-state index contributed by atoms with van der Waals surface area (Å²) in [5.41, 5.74) is 0.571. The Bertz CT molecular complexity index is 542. The number of carbonyl (C=O) groups excluding carboxylic acids is 1. The number of aromatic nitrogens is 1. The highest BCUT2D eigenvalue weighted by Gasteiger charge is 2.15. The van der Waals surface area contributed by atoms with Gasteiger partial charge in [0.15, 0.2) is 0 Å². The van der Waals surface area contributed by atoms with E-state index in [4.69, 9.17) is 11.6 Å². The Labute approximate surface area is 112 Å². The van der Waals surface area contributed by atoms with Crippen molar-refractivity contribution < 1.29 is 9.78 Å². The zero-order chi connectivity index (χ0) is 12.3. The van der Waals surface area contributed by atoms with Crippen molar-refractivity contribution in [2.75, 3.05) is 5.32 Å². The molecule has 0 bridgehead atoms. The van der Waals surface area contributed by atoms with E-state index >= 15 is 0 Å². The molecule has 1 heterocycles. The number of halogens is 2. The molecule has 0 radical (unpaired) electrons. The number of benzene rings is 1. The van der Waals surface area contributed by atoms with Crippen LogP contribution in [-0.2, 0) is 0 Å². The molecule has 3 nitrogen and oxygen atoms in total. The van der Waals surface area contributed by atoms with Crippen molar-refractivity contribution in [3.8, 4) is 0 Å². The Balaban J connectivity index is 2.17. The summed E-state index contributed by atoms with van der Waals surface area (Å²) in [6.45, 7) is 0. The zero-order valence-corrected chi connectivity index (χ0v) is 11.0. The van der Waals surface area contributed by atoms with Gasteiger partial charge in [0.25, 0.3) is 5.82 Å². The van der Waals surface area contributed by atoms with Crippen molar-refractivity contribution >= 4 is 39.3 Å². The fraction of sp³-hybridized carbons (Fsp3) is 0. The average molecular weight is 313 g/mol. The Morgan fingerprint density at radius 1 is 1.24 bits per heavy atom. The van der Waals surface area contributed by atoms with Gasteiger partial charge in [-0.15, -0.1) is 0 Å². The molecule has 0 saturated heterocycles. The van der Waals surface area contributed by atoms with Crippen molar-refractivity contribution in [1.82, 2.24) is 0 Å². The van der Waals surface area contributed by atoms with Gasteiger partial charge in [-0.2, -0.15) is 0 Å². The second-order valence-corrected chi connectivity index (χ2v) is 4.68. The summed E-state index contributed by atoms with van der Waals surface area (Å²) in [5.74, 6) is 0.281. The molecule has 2 rings (SSSR count). The first kappa shape index (κ1) is 12.1. The second-order valence-electron chi connectivity index (χ2n) is 3.35. The number of anilines is 1. The van der Waals surface area contributed by atoms with Crippen LogP contribution in [0.5, 0.6) is 0 Å². The molecule has 17 heavy (non-hydrogen) atoms. The minimum absolute atomic E-state index is 0.207. The Morgan fingerprint density at radius 3 is 2.59 bits per heavy atom. The molecule has 0 fully saturated rings. The zero-order valence-electron chi connectivity index (χ0n) is 8.71. The van der Waals surface area contributed by atoms with Gasteiger partial charge in [-0.3, -0.25) is 0 Å². The lowest BCUT2D eigenvalue weighted by atomic mass is 10.2. The normalized spacial score (nSPS) is 10.0. The topological polar surface area (TPSA) is 43.2 Å². The van der Waals surface area contributed by atoms with Crippen molar-refractivity contribution in [3.63, 3.8) is 0 Å². The Hall–Kier alpha value is -1.39. The fourth-order valence-electron chi connectivity index (χ4n) is 1.30. The summed E-state index contributed by atoms with van der Waals surface area (Å²) in [6, 6.07) is 10.6. The molecule has 1 aromatic carbocycles. The first-order chi connectivity index (χ1) is 8.16. The number of pyridine rings is 1. The predicted octanol–water partition coefficient (Wildman–Crippen LogP) is 3.17. The second kappa shape index (κ2) is 5.29. The third kappa shape index (κ3) is 3.05. The first-order valence-corrected chi connectivity index (χ1v) is 6.07. The van der Waals surface area contributed by atoms with Gasteiger partial charge in [0.05, 0.1) is 11.8 Å². The van der Waals surface area contributed by atoms with Gasteiger partial charge in [-0.25, -0.2) is 15.1 Å². The molecule has 0 atom stereocenters. The van der Waals surface area contributed by atoms with Crippen LogP contribution in [-0.4, -0.2) is 5.91 Å². The van der Waals surface area contributed by atoms with Crippen molar-refractivity contribution in [2.24, 2.45) is 0 Å². The maximum atomic E-state index is 11.9. The lowest BCUT2D eigenvalue weighted by Gasteiger charge is -1.99. The lowest BCUT2D eigenvalue weighted by molar-refractivity contribution is -0.360. The maximum absolute atomic E-state index is 11.9. The molecule has 0 aliphatic heterocycles. The van der Waals surface area contributed by atoms with Gasteiger partial charge in [0.2, 0.25) is 0 Å². The van der Waals surface area contributed by atoms with Gasteiger partial charge >= 0.3 is 5.91 Å². The van der Waals surface area contributed by atoms with Gasteiger partial charge in [-0.05, 0) is 36.4 Å². The number of hydrogen-bond acceptors (Lipinski definition) is 1. The van der Waals surface area contributed by atoms with E-state index in [9.17, 15) is 4.79 Å². The lowest BCUT2D eigenvalue weighted by Crippen LogP contribution is -2.19. The van der Waals surface area contributed by atoms with Gasteiger partial charge in [0.1, 0.15) is 5.02 Å². The van der Waals surface area contributed by atoms with E-state index in [0.717, 1.165) is 4.47 Å². The molecule has 0 aliphatic rings. The van der Waals surface area contributed by atoms with Crippen LogP contribution in [0.1, 0.15) is 10.4 Å². The van der Waals surface area contributed by atoms with Crippen molar-refractivity contribution in [2.45, 2.75) is 0 Å². The molecule has 0 saturated carbocycles. The van der Waals surface area contributed by atoms with Crippen LogP contribution in [0.3, 0.4) is 0 Å². The van der Waals surface area contributed by atoms with Gasteiger partial charge < -0.3 is 0 Å². The molecule has 2 N–H and O–H groups in total. The van der Waals surface area contributed by atoms with Gasteiger partial charge in [0, 0.05) is 4.47 Å². The number of carbonyl (C=O) groups is 1. The Morgan fingerprint density at radius 2 is 1.94 bits per heavy atom. The molecule has 1 aromatic heterocycles. The summed E-state index contributed by atoms with van der Waals surface area (Å²) >= 11 is 9.24. The van der Waals surface area contributed by atoms with Crippen LogP contribution < -0.4 is 10.3 Å². The summed E-state index contributed by atoms with van der Waals surface area (Å²) in [5, 5.41) is 3.17. The summed E-state index contributed by atoms with van der Waals surface area (Å²) in [6.07, 6.45) is 1.70. The molecule has 5 heteroatoms. The number of nitrogens with one attached hydrogen (secondary N) is 2. The standard InChI is InChI=1S/C12H8BrClN2O/c13-9-5-3-8(4-6-9)12(17)16-11-10(14)2-1-7-15-11/h1-7H,(H,15,16,17)/p+1. The monoisotopic (exact) mass is 311 g/mol.